The molecule has 0 radical (unpaired) electrons. The van der Waals surface area contributed by atoms with Crippen LogP contribution >= 0.6 is 22.9 Å². The number of carbonyl (C=O) groups excluding carboxylic acids is 2. The van der Waals surface area contributed by atoms with Gasteiger partial charge in [-0.15, -0.1) is 11.3 Å². The number of phenols is 1. The number of nitrogens with zero attached hydrogens (tertiary/aromatic N) is 3. The Morgan fingerprint density at radius 3 is 2.85 bits per heavy atom. The number of thiophene rings is 1. The topological polar surface area (TPSA) is 117 Å². The molecule has 0 unspecified atom stereocenters. The molecule has 12 heteroatoms. The number of nitrogens with one attached hydrogen (secondary N) is 2. The molecule has 0 spiro atoms. The Hall–Kier alpha value is -3.96. The Morgan fingerprint density at radius 1 is 1.27 bits per heavy atom. The molecule has 3 amide bonds. The van der Waals surface area contributed by atoms with Gasteiger partial charge >= 0.3 is 6.03 Å². The molecule has 1 aliphatic heterocycles. The van der Waals surface area contributed by atoms with Crippen LogP contribution in [-0.2, 0) is 0 Å². The Labute approximate surface area is 194 Å². The number of urea groups is 1. The molecular formula is C21H13ClFN5O4S. The zero-order chi connectivity index (χ0) is 23.3. The van der Waals surface area contributed by atoms with Gasteiger partial charge in [0.1, 0.15) is 21.9 Å². The summed E-state index contributed by atoms with van der Waals surface area (Å²) in [5.41, 5.74) is 0.955. The second kappa shape index (κ2) is 7.87. The van der Waals surface area contributed by atoms with Crippen LogP contribution in [0.25, 0.3) is 10.2 Å². The Kier molecular flexibility index (Phi) is 4.99. The van der Waals surface area contributed by atoms with Gasteiger partial charge < -0.3 is 20.5 Å². The van der Waals surface area contributed by atoms with Crippen LogP contribution < -0.4 is 20.3 Å². The molecule has 0 saturated carbocycles. The second-order valence-corrected chi connectivity index (χ2v) is 8.29. The van der Waals surface area contributed by atoms with Crippen LogP contribution in [0.15, 0.2) is 42.7 Å². The van der Waals surface area contributed by atoms with Crippen LogP contribution in [-0.4, -0.2) is 34.1 Å². The summed E-state index contributed by atoms with van der Waals surface area (Å²) >= 11 is 6.97. The van der Waals surface area contributed by atoms with E-state index < -0.39 is 17.8 Å². The third-order valence-electron chi connectivity index (χ3n) is 4.92. The number of hydrogen-bond acceptors (Lipinski definition) is 7. The van der Waals surface area contributed by atoms with E-state index >= 15 is 0 Å². The maximum absolute atomic E-state index is 13.6. The largest absolute Gasteiger partial charge is 0.504 e. The summed E-state index contributed by atoms with van der Waals surface area (Å²) in [7, 11) is 1.40. The fourth-order valence-electron chi connectivity index (χ4n) is 3.43. The minimum Gasteiger partial charge on any atom is -0.504 e. The average Bonchev–Trinajstić information content (AvgIpc) is 3.17. The molecule has 0 aliphatic carbocycles. The highest BCUT2D eigenvalue weighted by molar-refractivity contribution is 7.21. The SMILES string of the molecule is COc1cc(NC(=O)c2sc3ncnc4c3c2NC(=O)N4c2ccc(F)c(Cl)c2)ccc1O. The number of amides is 3. The van der Waals surface area contributed by atoms with Crippen molar-refractivity contribution in [3.63, 3.8) is 0 Å². The summed E-state index contributed by atoms with van der Waals surface area (Å²) in [6, 6.07) is 7.64. The number of halogens is 2. The van der Waals surface area contributed by atoms with Gasteiger partial charge in [0.05, 0.1) is 28.9 Å². The highest BCUT2D eigenvalue weighted by Crippen LogP contribution is 2.45. The van der Waals surface area contributed by atoms with Gasteiger partial charge in [0.25, 0.3) is 5.91 Å². The van der Waals surface area contributed by atoms with Crippen molar-refractivity contribution in [2.75, 3.05) is 22.6 Å². The van der Waals surface area contributed by atoms with Crippen molar-refractivity contribution in [1.29, 1.82) is 0 Å². The standard InChI is InChI=1S/C21H13ClFN5O4S/c1-32-14-6-9(2-5-13(14)29)26-19(30)17-16-15-18(24-8-25-20(15)33-17)28(21(31)27-16)10-3-4-12(23)11(22)7-10/h2-8,29H,1H3,(H,26,30)(H,27,31). The zero-order valence-corrected chi connectivity index (χ0v) is 18.3. The van der Waals surface area contributed by atoms with Crippen LogP contribution in [0.3, 0.4) is 0 Å². The van der Waals surface area contributed by atoms with Gasteiger partial charge in [-0.3, -0.25) is 4.79 Å². The number of aromatic nitrogens is 2. The number of carbonyl (C=O) groups is 2. The molecular weight excluding hydrogens is 473 g/mol. The third kappa shape index (κ3) is 3.47. The number of phenolic OH excluding ortho intramolecular Hbond substituents is 1. The van der Waals surface area contributed by atoms with Gasteiger partial charge in [-0.2, -0.15) is 0 Å². The molecule has 0 bridgehead atoms. The lowest BCUT2D eigenvalue weighted by Gasteiger charge is -2.27. The molecule has 2 aromatic carbocycles. The summed E-state index contributed by atoms with van der Waals surface area (Å²) in [6.07, 6.45) is 1.28. The smallest absolute Gasteiger partial charge is 0.332 e. The average molecular weight is 486 g/mol. The highest BCUT2D eigenvalue weighted by atomic mass is 35.5. The maximum atomic E-state index is 13.6. The van der Waals surface area contributed by atoms with E-state index in [2.05, 4.69) is 20.6 Å². The second-order valence-electron chi connectivity index (χ2n) is 6.89. The van der Waals surface area contributed by atoms with E-state index in [1.165, 1.54) is 48.7 Å². The molecule has 0 saturated heterocycles. The summed E-state index contributed by atoms with van der Waals surface area (Å²) < 4.78 is 18.7. The predicted octanol–water partition coefficient (Wildman–Crippen LogP) is 5.13. The van der Waals surface area contributed by atoms with Crippen molar-refractivity contribution < 1.29 is 23.8 Å². The molecule has 5 rings (SSSR count). The van der Waals surface area contributed by atoms with Crippen molar-refractivity contribution in [2.24, 2.45) is 0 Å². The van der Waals surface area contributed by atoms with Crippen LogP contribution in [0.5, 0.6) is 11.5 Å². The fourth-order valence-corrected chi connectivity index (χ4v) is 4.59. The summed E-state index contributed by atoms with van der Waals surface area (Å²) in [4.78, 5) is 36.4. The molecule has 0 fully saturated rings. The third-order valence-corrected chi connectivity index (χ3v) is 6.31. The van der Waals surface area contributed by atoms with Crippen LogP contribution in [0, 0.1) is 5.82 Å². The van der Waals surface area contributed by atoms with Gasteiger partial charge in [0.15, 0.2) is 17.3 Å². The van der Waals surface area contributed by atoms with Gasteiger partial charge in [0.2, 0.25) is 0 Å². The lowest BCUT2D eigenvalue weighted by molar-refractivity contribution is 0.103. The first-order valence-corrected chi connectivity index (χ1v) is 10.6. The van der Waals surface area contributed by atoms with E-state index in [4.69, 9.17) is 16.3 Å². The number of hydrogen-bond donors (Lipinski definition) is 3. The first kappa shape index (κ1) is 20.9. The minimum atomic E-state index is -0.619. The van der Waals surface area contributed by atoms with E-state index in [1.54, 1.807) is 0 Å². The van der Waals surface area contributed by atoms with E-state index in [-0.39, 0.29) is 32.9 Å². The van der Waals surface area contributed by atoms with Crippen LogP contribution in [0.4, 0.5) is 32.1 Å². The molecule has 33 heavy (non-hydrogen) atoms. The monoisotopic (exact) mass is 485 g/mol. The number of benzene rings is 2. The van der Waals surface area contributed by atoms with E-state index in [9.17, 15) is 19.1 Å². The zero-order valence-electron chi connectivity index (χ0n) is 16.7. The van der Waals surface area contributed by atoms with Gasteiger partial charge in [0, 0.05) is 11.8 Å². The fraction of sp³-hybridized carbons (Fsp3) is 0.0476. The predicted molar refractivity (Wildman–Crippen MR) is 123 cm³/mol. The minimum absolute atomic E-state index is 0.0689. The number of ether oxygens (including phenoxy) is 1. The molecule has 0 atom stereocenters. The van der Waals surface area contributed by atoms with E-state index in [0.29, 0.717) is 21.6 Å². The number of aromatic hydroxyl groups is 1. The maximum Gasteiger partial charge on any atom is 0.332 e. The van der Waals surface area contributed by atoms with Crippen molar-refractivity contribution in [3.8, 4) is 11.5 Å². The molecule has 4 aromatic rings. The summed E-state index contributed by atoms with van der Waals surface area (Å²) in [6.45, 7) is 0. The molecule has 166 valence electrons. The van der Waals surface area contributed by atoms with Gasteiger partial charge in [-0.05, 0) is 30.3 Å². The normalized spacial score (nSPS) is 12.6. The highest BCUT2D eigenvalue weighted by Gasteiger charge is 2.34. The molecule has 9 nitrogen and oxygen atoms in total. The van der Waals surface area contributed by atoms with Crippen LogP contribution in [0.2, 0.25) is 5.02 Å². The van der Waals surface area contributed by atoms with Crippen molar-refractivity contribution in [1.82, 2.24) is 9.97 Å². The first-order valence-electron chi connectivity index (χ1n) is 9.39. The van der Waals surface area contributed by atoms with E-state index in [1.807, 2.05) is 0 Å². The Morgan fingerprint density at radius 2 is 2.09 bits per heavy atom. The Balaban J connectivity index is 1.57. The van der Waals surface area contributed by atoms with Crippen molar-refractivity contribution in [3.05, 3.63) is 58.4 Å². The molecule has 3 heterocycles. The van der Waals surface area contributed by atoms with Gasteiger partial charge in [-0.1, -0.05) is 11.6 Å². The lowest BCUT2D eigenvalue weighted by atomic mass is 10.2. The molecule has 2 aromatic heterocycles. The Bertz CT molecular complexity index is 1460. The lowest BCUT2D eigenvalue weighted by Crippen LogP contribution is -2.35. The summed E-state index contributed by atoms with van der Waals surface area (Å²) in [5.74, 6) is -0.749. The molecule has 3 N–H and O–H groups in total. The van der Waals surface area contributed by atoms with Crippen molar-refractivity contribution >= 4 is 68.0 Å². The molecule has 1 aliphatic rings. The first-order chi connectivity index (χ1) is 15.9. The van der Waals surface area contributed by atoms with E-state index in [0.717, 1.165) is 17.4 Å². The number of anilines is 4. The summed E-state index contributed by atoms with van der Waals surface area (Å²) in [5, 5.41) is 15.5. The number of methoxy groups -OCH3 is 1. The quantitative estimate of drug-likeness (QED) is 0.345. The van der Waals surface area contributed by atoms with Crippen LogP contribution in [0.1, 0.15) is 9.67 Å². The van der Waals surface area contributed by atoms with Gasteiger partial charge in [-0.25, -0.2) is 24.1 Å². The number of rotatable bonds is 4. The van der Waals surface area contributed by atoms with Crippen molar-refractivity contribution in [2.45, 2.75) is 0 Å².